The fourth-order valence-electron chi connectivity index (χ4n) is 2.16. The van der Waals surface area contributed by atoms with Gasteiger partial charge >= 0.3 is 12.1 Å². The summed E-state index contributed by atoms with van der Waals surface area (Å²) in [6.07, 6.45) is -0.270. The van der Waals surface area contributed by atoms with Crippen molar-refractivity contribution in [2.45, 2.75) is 25.6 Å². The van der Waals surface area contributed by atoms with Gasteiger partial charge in [0, 0.05) is 6.54 Å². The molecule has 1 amide bonds. The molecule has 2 aromatic carbocycles. The molecule has 0 bridgehead atoms. The highest BCUT2D eigenvalue weighted by atomic mass is 16.5. The van der Waals surface area contributed by atoms with Gasteiger partial charge in [0.1, 0.15) is 12.6 Å². The molecule has 6 nitrogen and oxygen atoms in total. The molecule has 0 heterocycles. The fourth-order valence-corrected chi connectivity index (χ4v) is 2.16. The van der Waals surface area contributed by atoms with Gasteiger partial charge in [-0.15, -0.1) is 0 Å². The highest BCUT2D eigenvalue weighted by molar-refractivity contribution is 5.73. The summed E-state index contributed by atoms with van der Waals surface area (Å²) in [4.78, 5) is 22.5. The second kappa shape index (κ2) is 8.69. The second-order valence-corrected chi connectivity index (χ2v) is 5.38. The number of aliphatic carboxylic acids is 1. The number of hydrogen-bond donors (Lipinski definition) is 3. The van der Waals surface area contributed by atoms with E-state index in [2.05, 4.69) is 5.32 Å². The van der Waals surface area contributed by atoms with Crippen molar-refractivity contribution in [3.8, 4) is 0 Å². The van der Waals surface area contributed by atoms with Crippen LogP contribution in [0.5, 0.6) is 0 Å². The number of carboxylic acid groups (broad SMARTS) is 1. The SMILES string of the molecule is N[C@H](Cc1cccc(CNC(=O)OCc2ccccc2)c1)C(=O)O. The summed E-state index contributed by atoms with van der Waals surface area (Å²) in [6, 6.07) is 15.7. The van der Waals surface area contributed by atoms with Gasteiger partial charge in [-0.2, -0.15) is 0 Å². The van der Waals surface area contributed by atoms with Crippen LogP contribution in [-0.4, -0.2) is 23.2 Å². The van der Waals surface area contributed by atoms with Crippen LogP contribution in [-0.2, 0) is 29.1 Å². The topological polar surface area (TPSA) is 102 Å². The van der Waals surface area contributed by atoms with Crippen LogP contribution in [0.25, 0.3) is 0 Å². The van der Waals surface area contributed by atoms with Crippen LogP contribution in [0.3, 0.4) is 0 Å². The smallest absolute Gasteiger partial charge is 0.407 e. The maximum Gasteiger partial charge on any atom is 0.407 e. The number of ether oxygens (including phenoxy) is 1. The first-order valence-corrected chi connectivity index (χ1v) is 7.55. The Bertz CT molecular complexity index is 688. The Labute approximate surface area is 140 Å². The number of rotatable bonds is 7. The summed E-state index contributed by atoms with van der Waals surface area (Å²) in [7, 11) is 0. The predicted molar refractivity (Wildman–Crippen MR) is 89.2 cm³/mol. The van der Waals surface area contributed by atoms with E-state index in [4.69, 9.17) is 15.6 Å². The van der Waals surface area contributed by atoms with Gasteiger partial charge < -0.3 is 20.9 Å². The van der Waals surface area contributed by atoms with Crippen LogP contribution in [0.15, 0.2) is 54.6 Å². The summed E-state index contributed by atoms with van der Waals surface area (Å²) in [5.41, 5.74) is 8.10. The van der Waals surface area contributed by atoms with Gasteiger partial charge in [-0.1, -0.05) is 54.6 Å². The minimum atomic E-state index is -1.04. The first-order valence-electron chi connectivity index (χ1n) is 7.55. The van der Waals surface area contributed by atoms with Crippen LogP contribution in [0.1, 0.15) is 16.7 Å². The van der Waals surface area contributed by atoms with Crippen molar-refractivity contribution >= 4 is 12.1 Å². The third-order valence-electron chi connectivity index (χ3n) is 3.41. The number of carboxylic acids is 1. The van der Waals surface area contributed by atoms with Crippen LogP contribution >= 0.6 is 0 Å². The van der Waals surface area contributed by atoms with E-state index in [-0.39, 0.29) is 13.0 Å². The van der Waals surface area contributed by atoms with Crippen molar-refractivity contribution in [1.29, 1.82) is 0 Å². The van der Waals surface area contributed by atoms with Crippen LogP contribution in [0.2, 0.25) is 0 Å². The third kappa shape index (κ3) is 5.73. The molecule has 0 aliphatic heterocycles. The second-order valence-electron chi connectivity index (χ2n) is 5.38. The summed E-state index contributed by atoms with van der Waals surface area (Å²) in [6.45, 7) is 0.504. The number of amides is 1. The number of benzene rings is 2. The monoisotopic (exact) mass is 328 g/mol. The van der Waals surface area contributed by atoms with Crippen molar-refractivity contribution in [3.63, 3.8) is 0 Å². The van der Waals surface area contributed by atoms with E-state index in [9.17, 15) is 9.59 Å². The van der Waals surface area contributed by atoms with Crippen molar-refractivity contribution in [2.75, 3.05) is 0 Å². The Morgan fingerprint density at radius 3 is 2.42 bits per heavy atom. The molecule has 0 aromatic heterocycles. The number of carbonyl (C=O) groups excluding carboxylic acids is 1. The fraction of sp³-hybridized carbons (Fsp3) is 0.222. The number of carbonyl (C=O) groups is 2. The minimum absolute atomic E-state index is 0.209. The van der Waals surface area contributed by atoms with E-state index in [1.54, 1.807) is 12.1 Å². The summed E-state index contributed by atoms with van der Waals surface area (Å²) in [5, 5.41) is 11.5. The molecule has 0 saturated heterocycles. The molecule has 6 heteroatoms. The van der Waals surface area contributed by atoms with E-state index >= 15 is 0 Å². The Morgan fingerprint density at radius 2 is 1.71 bits per heavy atom. The summed E-state index contributed by atoms with van der Waals surface area (Å²) < 4.78 is 5.13. The zero-order valence-corrected chi connectivity index (χ0v) is 13.1. The molecule has 0 radical (unpaired) electrons. The highest BCUT2D eigenvalue weighted by Crippen LogP contribution is 2.08. The van der Waals surface area contributed by atoms with E-state index in [1.807, 2.05) is 42.5 Å². The molecule has 2 aromatic rings. The lowest BCUT2D eigenvalue weighted by molar-refractivity contribution is -0.138. The first kappa shape index (κ1) is 17.5. The van der Waals surface area contributed by atoms with E-state index in [0.29, 0.717) is 6.54 Å². The zero-order valence-electron chi connectivity index (χ0n) is 13.1. The van der Waals surface area contributed by atoms with Gasteiger partial charge in [0.15, 0.2) is 0 Å². The molecule has 24 heavy (non-hydrogen) atoms. The molecule has 0 unspecified atom stereocenters. The average molecular weight is 328 g/mol. The van der Waals surface area contributed by atoms with E-state index in [0.717, 1.165) is 16.7 Å². The van der Waals surface area contributed by atoms with Crippen LogP contribution < -0.4 is 11.1 Å². The lowest BCUT2D eigenvalue weighted by Gasteiger charge is -2.10. The van der Waals surface area contributed by atoms with Gasteiger partial charge in [0.05, 0.1) is 0 Å². The lowest BCUT2D eigenvalue weighted by atomic mass is 10.0. The molecular formula is C18H20N2O4. The van der Waals surface area contributed by atoms with Crippen molar-refractivity contribution < 1.29 is 19.4 Å². The van der Waals surface area contributed by atoms with Gasteiger partial charge in [-0.25, -0.2) is 4.79 Å². The molecule has 0 aliphatic rings. The Morgan fingerprint density at radius 1 is 1.04 bits per heavy atom. The number of nitrogens with two attached hydrogens (primary N) is 1. The van der Waals surface area contributed by atoms with E-state index in [1.165, 1.54) is 0 Å². The molecule has 0 fully saturated rings. The van der Waals surface area contributed by atoms with Crippen LogP contribution in [0, 0.1) is 0 Å². The largest absolute Gasteiger partial charge is 0.480 e. The first-order chi connectivity index (χ1) is 11.5. The van der Waals surface area contributed by atoms with Gasteiger partial charge in [0.25, 0.3) is 0 Å². The molecule has 0 saturated carbocycles. The van der Waals surface area contributed by atoms with E-state index < -0.39 is 18.1 Å². The quantitative estimate of drug-likeness (QED) is 0.722. The molecular weight excluding hydrogens is 308 g/mol. The number of alkyl carbamates (subject to hydrolysis) is 1. The van der Waals surface area contributed by atoms with Gasteiger partial charge in [-0.3, -0.25) is 4.79 Å². The summed E-state index contributed by atoms with van der Waals surface area (Å²) in [5.74, 6) is -1.04. The lowest BCUT2D eigenvalue weighted by Crippen LogP contribution is -2.32. The van der Waals surface area contributed by atoms with Crippen LogP contribution in [0.4, 0.5) is 4.79 Å². The Kier molecular flexibility index (Phi) is 6.33. The minimum Gasteiger partial charge on any atom is -0.480 e. The number of nitrogens with one attached hydrogen (secondary N) is 1. The van der Waals surface area contributed by atoms with Gasteiger partial charge in [-0.05, 0) is 23.1 Å². The Hall–Kier alpha value is -2.86. The molecule has 1 atom stereocenters. The molecule has 0 spiro atoms. The maximum atomic E-state index is 11.7. The van der Waals surface area contributed by atoms with Gasteiger partial charge in [0.2, 0.25) is 0 Å². The Balaban J connectivity index is 1.81. The maximum absolute atomic E-state index is 11.7. The molecule has 126 valence electrons. The number of hydrogen-bond acceptors (Lipinski definition) is 4. The third-order valence-corrected chi connectivity index (χ3v) is 3.41. The molecule has 2 rings (SSSR count). The van der Waals surface area contributed by atoms with Crippen molar-refractivity contribution in [3.05, 3.63) is 71.3 Å². The zero-order chi connectivity index (χ0) is 17.4. The standard InChI is InChI=1S/C18H20N2O4/c19-16(17(21)22)10-14-7-4-8-15(9-14)11-20-18(23)24-12-13-5-2-1-3-6-13/h1-9,16H,10-12,19H2,(H,20,23)(H,21,22)/t16-/m1/s1. The van der Waals surface area contributed by atoms with Crippen molar-refractivity contribution in [2.24, 2.45) is 5.73 Å². The molecule has 4 N–H and O–H groups in total. The average Bonchev–Trinajstić information content (AvgIpc) is 2.59. The predicted octanol–water partition coefficient (Wildman–Crippen LogP) is 2.07. The highest BCUT2D eigenvalue weighted by Gasteiger charge is 2.12. The normalized spacial score (nSPS) is 11.5. The van der Waals surface area contributed by atoms with Crippen molar-refractivity contribution in [1.82, 2.24) is 5.32 Å². The molecule has 0 aliphatic carbocycles. The summed E-state index contributed by atoms with van der Waals surface area (Å²) >= 11 is 0.